The molecule has 1 saturated carbocycles. The van der Waals surface area contributed by atoms with E-state index in [4.69, 9.17) is 23.7 Å². The summed E-state index contributed by atoms with van der Waals surface area (Å²) in [5.74, 6) is -0.0765. The maximum absolute atomic E-state index is 10.8. The van der Waals surface area contributed by atoms with Gasteiger partial charge in [-0.15, -0.1) is 0 Å². The number of ether oxygens (including phenoxy) is 5. The van der Waals surface area contributed by atoms with E-state index in [2.05, 4.69) is 36.4 Å². The standard InChI is InChI=1S/C29H44O7/c1-32-20-22-8-6-7-21(17-22)18-23(35-28-9-2-4-15-33-28)11-12-25-24(13-14-30)26(31)19-27(25)36-29-10-3-5-16-34-29/h6-8,11-12,17,23-31H,2-5,9-10,13-16,18-20H2,1H3/t23-,24+,25+,26-,27+,28?,29?/m0/s1. The molecule has 2 saturated heterocycles. The molecule has 2 heterocycles. The number of aliphatic hydroxyl groups excluding tert-OH is 2. The van der Waals surface area contributed by atoms with Gasteiger partial charge in [0.15, 0.2) is 12.6 Å². The highest BCUT2D eigenvalue weighted by molar-refractivity contribution is 5.24. The van der Waals surface area contributed by atoms with Gasteiger partial charge >= 0.3 is 0 Å². The maximum Gasteiger partial charge on any atom is 0.158 e. The van der Waals surface area contributed by atoms with Crippen molar-refractivity contribution in [3.05, 3.63) is 47.5 Å². The molecule has 0 bridgehead atoms. The lowest BCUT2D eigenvalue weighted by atomic mass is 9.89. The fourth-order valence-electron chi connectivity index (χ4n) is 5.74. The molecule has 3 aliphatic rings. The average molecular weight is 505 g/mol. The van der Waals surface area contributed by atoms with Crippen LogP contribution in [0.15, 0.2) is 36.4 Å². The van der Waals surface area contributed by atoms with E-state index < -0.39 is 6.10 Å². The average Bonchev–Trinajstić information content (AvgIpc) is 3.18. The fourth-order valence-corrected chi connectivity index (χ4v) is 5.74. The van der Waals surface area contributed by atoms with Gasteiger partial charge in [-0.2, -0.15) is 0 Å². The van der Waals surface area contributed by atoms with Crippen LogP contribution >= 0.6 is 0 Å². The van der Waals surface area contributed by atoms with Gasteiger partial charge in [-0.05, 0) is 62.0 Å². The molecule has 2 N–H and O–H groups in total. The summed E-state index contributed by atoms with van der Waals surface area (Å²) in [4.78, 5) is 0. The minimum atomic E-state index is -0.507. The third-order valence-corrected chi connectivity index (χ3v) is 7.57. The van der Waals surface area contributed by atoms with Gasteiger partial charge in [-0.1, -0.05) is 36.4 Å². The number of hydrogen-bond acceptors (Lipinski definition) is 7. The molecule has 7 atom stereocenters. The normalized spacial score (nSPS) is 32.2. The van der Waals surface area contributed by atoms with Crippen molar-refractivity contribution >= 4 is 0 Å². The van der Waals surface area contributed by atoms with Crippen LogP contribution in [-0.2, 0) is 36.7 Å². The predicted octanol–water partition coefficient (Wildman–Crippen LogP) is 4.13. The lowest BCUT2D eigenvalue weighted by Crippen LogP contribution is -2.31. The first-order valence-corrected chi connectivity index (χ1v) is 13.7. The summed E-state index contributed by atoms with van der Waals surface area (Å²) in [6, 6.07) is 8.40. The van der Waals surface area contributed by atoms with Gasteiger partial charge < -0.3 is 33.9 Å². The molecule has 202 valence electrons. The smallest absolute Gasteiger partial charge is 0.158 e. The molecular weight excluding hydrogens is 460 g/mol. The Morgan fingerprint density at radius 1 is 1.06 bits per heavy atom. The van der Waals surface area contributed by atoms with Crippen LogP contribution in [0, 0.1) is 11.8 Å². The van der Waals surface area contributed by atoms with Gasteiger partial charge in [0.25, 0.3) is 0 Å². The zero-order valence-corrected chi connectivity index (χ0v) is 21.6. The number of hydrogen-bond donors (Lipinski definition) is 2. The summed E-state index contributed by atoms with van der Waals surface area (Å²) in [6.45, 7) is 2.07. The molecule has 7 heteroatoms. The van der Waals surface area contributed by atoms with Crippen LogP contribution in [0.2, 0.25) is 0 Å². The molecule has 0 amide bonds. The van der Waals surface area contributed by atoms with Gasteiger partial charge in [0, 0.05) is 45.7 Å². The molecule has 3 fully saturated rings. The largest absolute Gasteiger partial charge is 0.396 e. The molecular formula is C29H44O7. The summed E-state index contributed by atoms with van der Waals surface area (Å²) in [5, 5.41) is 20.5. The van der Waals surface area contributed by atoms with Crippen LogP contribution in [0.4, 0.5) is 0 Å². The number of benzene rings is 1. The topological polar surface area (TPSA) is 86.6 Å². The summed E-state index contributed by atoms with van der Waals surface area (Å²) in [6.07, 6.45) is 10.9. The molecule has 7 nitrogen and oxygen atoms in total. The maximum atomic E-state index is 10.8. The van der Waals surface area contributed by atoms with Crippen LogP contribution in [0.25, 0.3) is 0 Å². The second-order valence-electron chi connectivity index (χ2n) is 10.3. The predicted molar refractivity (Wildman–Crippen MR) is 136 cm³/mol. The van der Waals surface area contributed by atoms with Crippen molar-refractivity contribution in [3.63, 3.8) is 0 Å². The highest BCUT2D eigenvalue weighted by Gasteiger charge is 2.42. The molecule has 36 heavy (non-hydrogen) atoms. The quantitative estimate of drug-likeness (QED) is 0.414. The van der Waals surface area contributed by atoms with E-state index in [1.165, 1.54) is 5.56 Å². The third-order valence-electron chi connectivity index (χ3n) is 7.57. The van der Waals surface area contributed by atoms with Crippen LogP contribution in [-0.4, -0.2) is 68.0 Å². The second kappa shape index (κ2) is 14.6. The molecule has 2 unspecified atom stereocenters. The number of methoxy groups -OCH3 is 1. The van der Waals surface area contributed by atoms with E-state index in [0.717, 1.165) is 57.3 Å². The highest BCUT2D eigenvalue weighted by atomic mass is 16.7. The molecule has 1 aromatic rings. The van der Waals surface area contributed by atoms with Gasteiger partial charge in [0.2, 0.25) is 0 Å². The van der Waals surface area contributed by atoms with Crippen molar-refractivity contribution < 1.29 is 33.9 Å². The molecule has 0 aromatic heterocycles. The third kappa shape index (κ3) is 8.09. The Bertz CT molecular complexity index is 788. The van der Waals surface area contributed by atoms with Gasteiger partial charge in [0.05, 0.1) is 24.9 Å². The fraction of sp³-hybridized carbons (Fsp3) is 0.724. The Kier molecular flexibility index (Phi) is 11.2. The number of rotatable bonds is 12. The number of aliphatic hydroxyl groups is 2. The van der Waals surface area contributed by atoms with Gasteiger partial charge in [0.1, 0.15) is 0 Å². The van der Waals surface area contributed by atoms with Crippen molar-refractivity contribution in [2.24, 2.45) is 11.8 Å². The summed E-state index contributed by atoms with van der Waals surface area (Å²) < 4.78 is 29.8. The van der Waals surface area contributed by atoms with Crippen LogP contribution in [0.1, 0.15) is 62.5 Å². The molecule has 1 aromatic carbocycles. The van der Waals surface area contributed by atoms with Crippen LogP contribution in [0.5, 0.6) is 0 Å². The van der Waals surface area contributed by atoms with Crippen LogP contribution in [0.3, 0.4) is 0 Å². The van der Waals surface area contributed by atoms with E-state index in [1.807, 2.05) is 0 Å². The van der Waals surface area contributed by atoms with E-state index in [9.17, 15) is 10.2 Å². The zero-order chi connectivity index (χ0) is 25.2. The zero-order valence-electron chi connectivity index (χ0n) is 21.6. The SMILES string of the molecule is COCc1cccc(C[C@H](C=C[C@@H]2[C@@H](CCO)[C@@H](O)C[C@H]2OC2CCCCO2)OC2CCCCO2)c1. The Hall–Kier alpha value is -1.32. The minimum absolute atomic E-state index is 0.0177. The summed E-state index contributed by atoms with van der Waals surface area (Å²) in [7, 11) is 1.71. The van der Waals surface area contributed by atoms with E-state index in [-0.39, 0.29) is 43.2 Å². The first kappa shape index (κ1) is 27.7. The first-order chi connectivity index (χ1) is 17.7. The molecule has 1 aliphatic carbocycles. The van der Waals surface area contributed by atoms with Crippen LogP contribution < -0.4 is 0 Å². The van der Waals surface area contributed by atoms with E-state index in [1.54, 1.807) is 7.11 Å². The van der Waals surface area contributed by atoms with E-state index in [0.29, 0.717) is 25.9 Å². The van der Waals surface area contributed by atoms with Gasteiger partial charge in [-0.3, -0.25) is 0 Å². The van der Waals surface area contributed by atoms with E-state index >= 15 is 0 Å². The highest BCUT2D eigenvalue weighted by Crippen LogP contribution is 2.39. The van der Waals surface area contributed by atoms with Crippen molar-refractivity contribution in [2.75, 3.05) is 26.9 Å². The van der Waals surface area contributed by atoms with Crippen molar-refractivity contribution in [3.8, 4) is 0 Å². The summed E-state index contributed by atoms with van der Waals surface area (Å²) in [5.41, 5.74) is 2.31. The van der Waals surface area contributed by atoms with Gasteiger partial charge in [-0.25, -0.2) is 0 Å². The Labute approximate surface area is 215 Å². The molecule has 0 spiro atoms. The molecule has 0 radical (unpaired) electrons. The second-order valence-corrected chi connectivity index (χ2v) is 10.3. The first-order valence-electron chi connectivity index (χ1n) is 13.7. The summed E-state index contributed by atoms with van der Waals surface area (Å²) >= 11 is 0. The Morgan fingerprint density at radius 3 is 2.50 bits per heavy atom. The lowest BCUT2D eigenvalue weighted by molar-refractivity contribution is -0.193. The monoisotopic (exact) mass is 504 g/mol. The molecule has 2 aliphatic heterocycles. The van der Waals surface area contributed by atoms with Crippen molar-refractivity contribution in [2.45, 2.75) is 95.3 Å². The Morgan fingerprint density at radius 2 is 1.81 bits per heavy atom. The molecule has 4 rings (SSSR count). The van der Waals surface area contributed by atoms with Crippen molar-refractivity contribution in [1.82, 2.24) is 0 Å². The minimum Gasteiger partial charge on any atom is -0.396 e. The lowest BCUT2D eigenvalue weighted by Gasteiger charge is -2.30. The Balaban J connectivity index is 1.50. The van der Waals surface area contributed by atoms with Crippen molar-refractivity contribution in [1.29, 1.82) is 0 Å².